The molecule has 0 aliphatic heterocycles. The Morgan fingerprint density at radius 3 is 1.61 bits per heavy atom. The number of benzene rings is 3. The molecule has 28 heavy (non-hydrogen) atoms. The summed E-state index contributed by atoms with van der Waals surface area (Å²) in [6, 6.07) is 27.8. The van der Waals surface area contributed by atoms with Crippen LogP contribution < -0.4 is 4.43 Å². The molecular formula is C24H19AlCl2Ti. The molecule has 0 aromatic heterocycles. The molecule has 0 nitrogen and oxygen atoms in total. The fraction of sp³-hybridized carbons (Fsp3) is 0.0833. The van der Waals surface area contributed by atoms with Crippen molar-refractivity contribution in [1.29, 1.82) is 0 Å². The zero-order chi connectivity index (χ0) is 19.2. The molecule has 2 aliphatic carbocycles. The van der Waals surface area contributed by atoms with E-state index in [1.807, 2.05) is 0 Å². The van der Waals surface area contributed by atoms with Crippen LogP contribution in [0.5, 0.6) is 0 Å². The molecule has 0 saturated heterocycles. The average molecular weight is 453 g/mol. The molecule has 2 atom stereocenters. The average Bonchev–Trinajstić information content (AvgIpc) is 3.34. The van der Waals surface area contributed by atoms with Gasteiger partial charge < -0.3 is 0 Å². The fourth-order valence-corrected chi connectivity index (χ4v) is 25.1. The number of rotatable bonds is 3. The summed E-state index contributed by atoms with van der Waals surface area (Å²) >= 11 is -0.247. The standard InChI is InChI=1S/2C9H7.C6H5.Al.2ClH.Ti/c2*1-2-5-9-7-3-6-8(9)4-1;1-2-4-6-5-3-1;;;;/h2*1-7H;1-5H;;2*1H;/q;;;;;;+2/p-2. The molecule has 0 amide bonds. The van der Waals surface area contributed by atoms with Crippen molar-refractivity contribution < 1.29 is 10.4 Å². The van der Waals surface area contributed by atoms with Crippen molar-refractivity contribution in [2.24, 2.45) is 0 Å². The molecule has 136 valence electrons. The molecule has 3 aromatic carbocycles. The summed E-state index contributed by atoms with van der Waals surface area (Å²) in [7, 11) is 11.6. The van der Waals surface area contributed by atoms with Crippen LogP contribution in [0.15, 0.2) is 91.0 Å². The maximum atomic E-state index is 7.89. The van der Waals surface area contributed by atoms with Crippen molar-refractivity contribution >= 4 is 47.0 Å². The third-order valence-electron chi connectivity index (χ3n) is 6.03. The van der Waals surface area contributed by atoms with Crippen LogP contribution in [0, 0.1) is 0 Å². The summed E-state index contributed by atoms with van der Waals surface area (Å²) in [5.74, 6) is 0. The van der Waals surface area contributed by atoms with Gasteiger partial charge in [-0.3, -0.25) is 0 Å². The Morgan fingerprint density at radius 1 is 0.607 bits per heavy atom. The normalized spacial score (nSPS) is 20.0. The van der Waals surface area contributed by atoms with E-state index in [1.165, 1.54) is 26.7 Å². The Labute approximate surface area is 177 Å². The first kappa shape index (κ1) is 19.0. The van der Waals surface area contributed by atoms with Crippen molar-refractivity contribution in [3.05, 3.63) is 113 Å². The summed E-state index contributed by atoms with van der Waals surface area (Å²) in [5, 5.41) is 0. The number of hydrogen-bond donors (Lipinski definition) is 0. The number of allylic oxidation sites excluding steroid dienone is 2. The van der Waals surface area contributed by atoms with Gasteiger partial charge in [0.15, 0.2) is 0 Å². The Hall–Kier alpha value is -1.03. The Kier molecular flexibility index (Phi) is 4.76. The van der Waals surface area contributed by atoms with E-state index in [2.05, 4.69) is 103 Å². The second kappa shape index (κ2) is 7.03. The quantitative estimate of drug-likeness (QED) is 0.399. The van der Waals surface area contributed by atoms with Gasteiger partial charge in [0, 0.05) is 0 Å². The van der Waals surface area contributed by atoms with Crippen molar-refractivity contribution in [3.63, 3.8) is 0 Å². The van der Waals surface area contributed by atoms with E-state index in [4.69, 9.17) is 18.6 Å². The van der Waals surface area contributed by atoms with Crippen LogP contribution in [-0.4, -0.2) is 11.9 Å². The van der Waals surface area contributed by atoms with E-state index in [9.17, 15) is 0 Å². The van der Waals surface area contributed by atoms with E-state index in [0.29, 0.717) is 0 Å². The monoisotopic (exact) mass is 452 g/mol. The van der Waals surface area contributed by atoms with Gasteiger partial charge in [-0.25, -0.2) is 0 Å². The van der Waals surface area contributed by atoms with Gasteiger partial charge in [0.2, 0.25) is 0 Å². The number of fused-ring (bicyclic) bond motifs is 2. The first-order valence-electron chi connectivity index (χ1n) is 9.59. The van der Waals surface area contributed by atoms with Crippen molar-refractivity contribution in [1.82, 2.24) is 0 Å². The molecule has 3 aromatic rings. The molecule has 4 heteroatoms. The first-order valence-corrected chi connectivity index (χ1v) is 19.5. The molecule has 5 rings (SSSR count). The van der Waals surface area contributed by atoms with E-state index >= 15 is 0 Å². The summed E-state index contributed by atoms with van der Waals surface area (Å²) < 4.78 is 1.54. The molecule has 2 unspecified atom stereocenters. The van der Waals surface area contributed by atoms with Gasteiger partial charge in [0.05, 0.1) is 0 Å². The zero-order valence-electron chi connectivity index (χ0n) is 15.3. The number of halogens is 2. The van der Waals surface area contributed by atoms with Gasteiger partial charge in [0.1, 0.15) is 0 Å². The summed E-state index contributed by atoms with van der Waals surface area (Å²) in [5.41, 5.74) is 5.11. The van der Waals surface area contributed by atoms with Gasteiger partial charge in [-0.05, 0) is 0 Å². The van der Waals surface area contributed by atoms with E-state index < -0.39 is 10.4 Å². The van der Waals surface area contributed by atoms with Crippen molar-refractivity contribution in [2.45, 2.75) is 8.45 Å². The van der Waals surface area contributed by atoms with Crippen molar-refractivity contribution in [2.75, 3.05) is 0 Å². The van der Waals surface area contributed by atoms with Crippen molar-refractivity contribution in [3.8, 4) is 0 Å². The molecule has 0 bridgehead atoms. The molecule has 2 aliphatic rings. The Bertz CT molecular complexity index is 1120. The van der Waals surface area contributed by atoms with Gasteiger partial charge in [-0.1, -0.05) is 0 Å². The maximum absolute atomic E-state index is 7.89. The van der Waals surface area contributed by atoms with Crippen LogP contribution in [0.1, 0.15) is 30.7 Å². The van der Waals surface area contributed by atoms with Gasteiger partial charge >= 0.3 is 179 Å². The zero-order valence-corrected chi connectivity index (χ0v) is 19.5. The second-order valence-corrected chi connectivity index (χ2v) is 31.7. The van der Waals surface area contributed by atoms with Crippen LogP contribution >= 0.6 is 18.6 Å². The molecular weight excluding hydrogens is 434 g/mol. The summed E-state index contributed by atoms with van der Waals surface area (Å²) in [4.78, 5) is 0. The van der Waals surface area contributed by atoms with Gasteiger partial charge in [-0.15, -0.1) is 0 Å². The molecule has 0 N–H and O–H groups in total. The molecule has 0 spiro atoms. The molecule has 0 fully saturated rings. The minimum atomic E-state index is -4.17. The molecule has 0 radical (unpaired) electrons. The van der Waals surface area contributed by atoms with Gasteiger partial charge in [-0.2, -0.15) is 0 Å². The van der Waals surface area contributed by atoms with Crippen LogP contribution in [0.3, 0.4) is 0 Å². The van der Waals surface area contributed by atoms with Gasteiger partial charge in [0.25, 0.3) is 0 Å². The first-order chi connectivity index (χ1) is 13.6. The predicted molar refractivity (Wildman–Crippen MR) is 120 cm³/mol. The SMILES string of the molecule is [Cl][Ti]([Cl])(=[Al][c]1ccccc1)([CH]1C=Cc2ccccc21)[CH]1C=Cc2ccccc21. The summed E-state index contributed by atoms with van der Waals surface area (Å²) in [6.45, 7) is 0. The second-order valence-electron chi connectivity index (χ2n) is 7.71. The minimum absolute atomic E-state index is 0.118. The molecule has 0 saturated carbocycles. The van der Waals surface area contributed by atoms with E-state index in [-0.39, 0.29) is 20.3 Å². The topological polar surface area (TPSA) is 0 Å². The fourth-order valence-electron chi connectivity index (χ4n) is 4.70. The third kappa shape index (κ3) is 3.02. The molecule has 0 heterocycles. The third-order valence-corrected chi connectivity index (χ3v) is 26.3. The van der Waals surface area contributed by atoms with Crippen LogP contribution in [0.25, 0.3) is 12.2 Å². The van der Waals surface area contributed by atoms with E-state index in [0.717, 1.165) is 0 Å². The van der Waals surface area contributed by atoms with E-state index in [1.54, 1.807) is 0 Å². The van der Waals surface area contributed by atoms with Crippen LogP contribution in [0.2, 0.25) is 0 Å². The Morgan fingerprint density at radius 2 is 1.07 bits per heavy atom. The summed E-state index contributed by atoms with van der Waals surface area (Å²) in [6.07, 6.45) is 8.99. The van der Waals surface area contributed by atoms with Crippen LogP contribution in [-0.2, 0) is 10.4 Å². The van der Waals surface area contributed by atoms with Crippen LogP contribution in [0.4, 0.5) is 0 Å². The predicted octanol–water partition coefficient (Wildman–Crippen LogP) is 6.46. The Balaban J connectivity index is 1.79. The number of hydrogen-bond acceptors (Lipinski definition) is 0.